The predicted octanol–water partition coefficient (Wildman–Crippen LogP) is 3.43. The second-order valence-corrected chi connectivity index (χ2v) is 5.24. The highest BCUT2D eigenvalue weighted by Crippen LogP contribution is 2.81. The van der Waals surface area contributed by atoms with Gasteiger partial charge in [0.25, 0.3) is 0 Å². The zero-order valence-electron chi connectivity index (χ0n) is 11.5. The molecule has 1 saturated carbocycles. The molecule has 0 saturated heterocycles. The first-order chi connectivity index (χ1) is 9.11. The van der Waals surface area contributed by atoms with Gasteiger partial charge in [-0.2, -0.15) is 21.0 Å². The van der Waals surface area contributed by atoms with E-state index in [1.807, 2.05) is 38.1 Å². The first kappa shape index (κ1) is 15.0. The Bertz CT molecular complexity index is 430. The molecule has 0 atom stereocenters. The fourth-order valence-corrected chi connectivity index (χ4v) is 3.34. The largest absolute Gasteiger partial charge is 0.196 e. The SMILES string of the molecule is CCCCC1(CCCC)C(C#N)(C#N)C1(C#N)C#N. The summed E-state index contributed by atoms with van der Waals surface area (Å²) >= 11 is 0. The Morgan fingerprint density at radius 2 is 1.00 bits per heavy atom. The molecule has 98 valence electrons. The highest BCUT2D eigenvalue weighted by atomic mass is 14.8. The van der Waals surface area contributed by atoms with E-state index in [0.29, 0.717) is 12.8 Å². The minimum atomic E-state index is -1.45. The van der Waals surface area contributed by atoms with E-state index in [2.05, 4.69) is 0 Å². The van der Waals surface area contributed by atoms with E-state index in [1.165, 1.54) is 0 Å². The van der Waals surface area contributed by atoms with Gasteiger partial charge in [0.1, 0.15) is 0 Å². The van der Waals surface area contributed by atoms with Gasteiger partial charge in [0.2, 0.25) is 0 Å². The summed E-state index contributed by atoms with van der Waals surface area (Å²) in [6, 6.07) is 7.99. The summed E-state index contributed by atoms with van der Waals surface area (Å²) < 4.78 is 0. The Kier molecular flexibility index (Phi) is 4.19. The van der Waals surface area contributed by atoms with E-state index in [-0.39, 0.29) is 0 Å². The van der Waals surface area contributed by atoms with Gasteiger partial charge in [-0.25, -0.2) is 0 Å². The third kappa shape index (κ3) is 1.54. The molecule has 19 heavy (non-hydrogen) atoms. The van der Waals surface area contributed by atoms with Gasteiger partial charge in [-0.05, 0) is 12.8 Å². The lowest BCUT2D eigenvalue weighted by molar-refractivity contribution is 0.334. The van der Waals surface area contributed by atoms with E-state index in [0.717, 1.165) is 25.7 Å². The molecule has 4 heteroatoms. The molecule has 1 fully saturated rings. The molecule has 0 bridgehead atoms. The maximum atomic E-state index is 9.41. The summed E-state index contributed by atoms with van der Waals surface area (Å²) in [5.74, 6) is 0. The molecule has 0 N–H and O–H groups in total. The molecule has 0 aromatic rings. The van der Waals surface area contributed by atoms with Crippen molar-refractivity contribution < 1.29 is 0 Å². The van der Waals surface area contributed by atoms with Gasteiger partial charge in [-0.1, -0.05) is 39.5 Å². The van der Waals surface area contributed by atoms with Crippen molar-refractivity contribution in [1.82, 2.24) is 0 Å². The molecule has 0 radical (unpaired) electrons. The van der Waals surface area contributed by atoms with Crippen molar-refractivity contribution in [3.63, 3.8) is 0 Å². The number of hydrogen-bond donors (Lipinski definition) is 0. The number of hydrogen-bond acceptors (Lipinski definition) is 4. The van der Waals surface area contributed by atoms with Crippen LogP contribution in [0.1, 0.15) is 52.4 Å². The summed E-state index contributed by atoms with van der Waals surface area (Å²) in [7, 11) is 0. The van der Waals surface area contributed by atoms with Crippen molar-refractivity contribution in [2.75, 3.05) is 0 Å². The molecular formula is C15H18N4. The number of nitrogens with zero attached hydrogens (tertiary/aromatic N) is 4. The molecule has 0 heterocycles. The molecule has 0 aromatic carbocycles. The first-order valence-corrected chi connectivity index (χ1v) is 6.77. The quantitative estimate of drug-likeness (QED) is 0.725. The number of unbranched alkanes of at least 4 members (excludes halogenated alkanes) is 2. The van der Waals surface area contributed by atoms with Crippen LogP contribution >= 0.6 is 0 Å². The van der Waals surface area contributed by atoms with Crippen LogP contribution in [-0.2, 0) is 0 Å². The highest BCUT2D eigenvalue weighted by molar-refractivity contribution is 5.56. The van der Waals surface area contributed by atoms with E-state index in [1.54, 1.807) is 0 Å². The zero-order chi connectivity index (χ0) is 14.6. The van der Waals surface area contributed by atoms with Crippen molar-refractivity contribution in [2.24, 2.45) is 16.2 Å². The van der Waals surface area contributed by atoms with Gasteiger partial charge in [0, 0.05) is 5.41 Å². The molecule has 0 spiro atoms. The Labute approximate surface area is 114 Å². The fourth-order valence-electron chi connectivity index (χ4n) is 3.34. The molecule has 0 aliphatic heterocycles. The van der Waals surface area contributed by atoms with Crippen LogP contribution in [0.2, 0.25) is 0 Å². The van der Waals surface area contributed by atoms with Gasteiger partial charge in [0.05, 0.1) is 24.3 Å². The first-order valence-electron chi connectivity index (χ1n) is 6.77. The van der Waals surface area contributed by atoms with E-state index < -0.39 is 16.2 Å². The minimum absolute atomic E-state index is 0.603. The van der Waals surface area contributed by atoms with E-state index in [4.69, 9.17) is 0 Å². The summed E-state index contributed by atoms with van der Waals surface area (Å²) in [4.78, 5) is 0. The molecule has 1 aliphatic rings. The molecule has 0 amide bonds. The van der Waals surface area contributed by atoms with Crippen molar-refractivity contribution in [3.8, 4) is 24.3 Å². The van der Waals surface area contributed by atoms with Crippen LogP contribution in [0.3, 0.4) is 0 Å². The fraction of sp³-hybridized carbons (Fsp3) is 0.733. The van der Waals surface area contributed by atoms with Crippen LogP contribution < -0.4 is 0 Å². The lowest BCUT2D eigenvalue weighted by Crippen LogP contribution is -2.13. The third-order valence-corrected chi connectivity index (χ3v) is 4.52. The number of rotatable bonds is 6. The van der Waals surface area contributed by atoms with Gasteiger partial charge in [0.15, 0.2) is 10.8 Å². The lowest BCUT2D eigenvalue weighted by atomic mass is 9.83. The van der Waals surface area contributed by atoms with E-state index in [9.17, 15) is 21.0 Å². The number of nitriles is 4. The Morgan fingerprint density at radius 3 is 1.21 bits per heavy atom. The Morgan fingerprint density at radius 1 is 0.684 bits per heavy atom. The van der Waals surface area contributed by atoms with Crippen LogP contribution in [0.4, 0.5) is 0 Å². The normalized spacial score (nSPS) is 20.3. The molecule has 1 aliphatic carbocycles. The standard InChI is InChI=1S/C15H18N4/c1-3-5-7-13(8-6-4-2)14(9-16,10-17)15(13,11-18)12-19/h3-8H2,1-2H3. The van der Waals surface area contributed by atoms with Crippen molar-refractivity contribution >= 4 is 0 Å². The third-order valence-electron chi connectivity index (χ3n) is 4.52. The minimum Gasteiger partial charge on any atom is -0.196 e. The molecule has 1 rings (SSSR count). The summed E-state index contributed by atoms with van der Waals surface area (Å²) in [5, 5.41) is 37.7. The zero-order valence-corrected chi connectivity index (χ0v) is 11.5. The van der Waals surface area contributed by atoms with Crippen LogP contribution in [0.25, 0.3) is 0 Å². The molecular weight excluding hydrogens is 236 g/mol. The van der Waals surface area contributed by atoms with Gasteiger partial charge >= 0.3 is 0 Å². The van der Waals surface area contributed by atoms with Crippen LogP contribution in [0, 0.1) is 61.6 Å². The Balaban J connectivity index is 3.31. The van der Waals surface area contributed by atoms with Gasteiger partial charge in [-0.15, -0.1) is 0 Å². The molecule has 0 aromatic heterocycles. The average Bonchev–Trinajstić information content (AvgIpc) is 2.98. The molecule has 0 unspecified atom stereocenters. The smallest absolute Gasteiger partial charge is 0.184 e. The van der Waals surface area contributed by atoms with Crippen LogP contribution in [0.15, 0.2) is 0 Å². The maximum Gasteiger partial charge on any atom is 0.184 e. The topological polar surface area (TPSA) is 95.2 Å². The monoisotopic (exact) mass is 254 g/mol. The van der Waals surface area contributed by atoms with E-state index >= 15 is 0 Å². The predicted molar refractivity (Wildman–Crippen MR) is 68.8 cm³/mol. The lowest BCUT2D eigenvalue weighted by Gasteiger charge is -2.17. The summed E-state index contributed by atoms with van der Waals surface area (Å²) in [6.45, 7) is 4.05. The van der Waals surface area contributed by atoms with Gasteiger partial charge in [-0.3, -0.25) is 0 Å². The van der Waals surface area contributed by atoms with Crippen molar-refractivity contribution in [2.45, 2.75) is 52.4 Å². The average molecular weight is 254 g/mol. The van der Waals surface area contributed by atoms with Crippen LogP contribution in [-0.4, -0.2) is 0 Å². The Hall–Kier alpha value is -2.04. The maximum absolute atomic E-state index is 9.41. The summed E-state index contributed by atoms with van der Waals surface area (Å²) in [6.07, 6.45) is 4.72. The second-order valence-electron chi connectivity index (χ2n) is 5.24. The van der Waals surface area contributed by atoms with Crippen LogP contribution in [0.5, 0.6) is 0 Å². The summed E-state index contributed by atoms with van der Waals surface area (Å²) in [5.41, 5.74) is -3.67. The highest BCUT2D eigenvalue weighted by Gasteiger charge is 2.90. The van der Waals surface area contributed by atoms with Gasteiger partial charge < -0.3 is 0 Å². The van der Waals surface area contributed by atoms with Crippen molar-refractivity contribution in [3.05, 3.63) is 0 Å². The van der Waals surface area contributed by atoms with Crippen molar-refractivity contribution in [1.29, 1.82) is 21.0 Å². The molecule has 4 nitrogen and oxygen atoms in total. The second kappa shape index (κ2) is 5.30.